The van der Waals surface area contributed by atoms with Crippen molar-refractivity contribution in [2.24, 2.45) is 0 Å². The molecule has 0 aliphatic rings. The van der Waals surface area contributed by atoms with E-state index in [0.717, 1.165) is 27.6 Å². The lowest BCUT2D eigenvalue weighted by Crippen LogP contribution is -2.51. The maximum Gasteiger partial charge on any atom is 0.243 e. The van der Waals surface area contributed by atoms with Crippen LogP contribution in [-0.4, -0.2) is 35.1 Å². The Morgan fingerprint density at radius 3 is 2.37 bits per heavy atom. The molecule has 3 aromatic rings. The smallest absolute Gasteiger partial charge is 0.243 e. The van der Waals surface area contributed by atoms with Gasteiger partial charge in [-0.2, -0.15) is 0 Å². The van der Waals surface area contributed by atoms with Crippen LogP contribution in [0.1, 0.15) is 30.0 Å². The van der Waals surface area contributed by atoms with Crippen molar-refractivity contribution in [3.05, 3.63) is 105 Å². The largest absolute Gasteiger partial charge is 0.354 e. The van der Waals surface area contributed by atoms with E-state index >= 15 is 0 Å². The van der Waals surface area contributed by atoms with Crippen LogP contribution in [-0.2, 0) is 28.3 Å². The van der Waals surface area contributed by atoms with Crippen LogP contribution in [0.5, 0.6) is 0 Å². The standard InChI is InChI=1S/C28H30BrClN2O2S/c1-2-15-31-28(34)26(17-21-7-4-3-5-8-21)32(18-23-9-6-10-24(29)16-23)27(33)20-35-19-22-11-13-25(30)14-12-22/h3-14,16,26H,2,15,17-20H2,1H3,(H,31,34)/t26-/m0/s1. The van der Waals surface area contributed by atoms with Crippen molar-refractivity contribution in [2.75, 3.05) is 12.3 Å². The predicted molar refractivity (Wildman–Crippen MR) is 150 cm³/mol. The number of nitrogens with one attached hydrogen (secondary N) is 1. The lowest BCUT2D eigenvalue weighted by molar-refractivity contribution is -0.139. The number of amides is 2. The van der Waals surface area contributed by atoms with Crippen LogP contribution < -0.4 is 5.32 Å². The first-order valence-electron chi connectivity index (χ1n) is 11.6. The van der Waals surface area contributed by atoms with Gasteiger partial charge in [-0.3, -0.25) is 9.59 Å². The molecule has 0 aliphatic carbocycles. The zero-order valence-corrected chi connectivity index (χ0v) is 22.9. The first kappa shape index (κ1) is 27.3. The van der Waals surface area contributed by atoms with Gasteiger partial charge in [-0.25, -0.2) is 0 Å². The maximum atomic E-state index is 13.6. The lowest BCUT2D eigenvalue weighted by atomic mass is 10.0. The molecule has 2 amide bonds. The Morgan fingerprint density at radius 1 is 0.971 bits per heavy atom. The fourth-order valence-electron chi connectivity index (χ4n) is 3.67. The SMILES string of the molecule is CCCNC(=O)[C@H](Cc1ccccc1)N(Cc1cccc(Br)c1)C(=O)CSCc1ccc(Cl)cc1. The average molecular weight is 574 g/mol. The average Bonchev–Trinajstić information content (AvgIpc) is 2.86. The minimum absolute atomic E-state index is 0.0588. The molecule has 1 atom stereocenters. The maximum absolute atomic E-state index is 13.6. The van der Waals surface area contributed by atoms with E-state index < -0.39 is 6.04 Å². The molecular formula is C28H30BrClN2O2S. The molecule has 4 nitrogen and oxygen atoms in total. The van der Waals surface area contributed by atoms with E-state index in [1.54, 1.807) is 16.7 Å². The highest BCUT2D eigenvalue weighted by Gasteiger charge is 2.30. The molecule has 0 heterocycles. The van der Waals surface area contributed by atoms with E-state index in [0.29, 0.717) is 30.3 Å². The number of thioether (sulfide) groups is 1. The molecule has 1 N–H and O–H groups in total. The molecular weight excluding hydrogens is 544 g/mol. The minimum Gasteiger partial charge on any atom is -0.354 e. The molecule has 0 aromatic heterocycles. The molecule has 35 heavy (non-hydrogen) atoms. The number of nitrogens with zero attached hydrogens (tertiary/aromatic N) is 1. The first-order valence-corrected chi connectivity index (χ1v) is 14.0. The van der Waals surface area contributed by atoms with Gasteiger partial charge in [-0.05, 0) is 47.4 Å². The third-order valence-corrected chi connectivity index (χ3v) is 7.20. The summed E-state index contributed by atoms with van der Waals surface area (Å²) in [5.74, 6) is 0.792. The number of carbonyl (C=O) groups is 2. The summed E-state index contributed by atoms with van der Waals surface area (Å²) >= 11 is 11.0. The first-order chi connectivity index (χ1) is 17.0. The van der Waals surface area contributed by atoms with E-state index in [-0.39, 0.29) is 17.6 Å². The fourth-order valence-corrected chi connectivity index (χ4v) is 5.12. The fraction of sp³-hybridized carbons (Fsp3) is 0.286. The molecule has 3 rings (SSSR count). The molecule has 7 heteroatoms. The predicted octanol–water partition coefficient (Wildman–Crippen LogP) is 6.50. The zero-order chi connectivity index (χ0) is 25.0. The summed E-state index contributed by atoms with van der Waals surface area (Å²) in [5, 5.41) is 3.70. The second-order valence-corrected chi connectivity index (χ2v) is 10.6. The van der Waals surface area contributed by atoms with E-state index in [4.69, 9.17) is 11.6 Å². The number of benzene rings is 3. The number of hydrogen-bond donors (Lipinski definition) is 1. The summed E-state index contributed by atoms with van der Waals surface area (Å²) in [6.07, 6.45) is 1.29. The Labute approximate surface area is 225 Å². The molecule has 0 unspecified atom stereocenters. The molecule has 0 saturated heterocycles. The van der Waals surface area contributed by atoms with Gasteiger partial charge in [0.05, 0.1) is 5.75 Å². The van der Waals surface area contributed by atoms with Crippen molar-refractivity contribution in [1.29, 1.82) is 0 Å². The highest BCUT2D eigenvalue weighted by molar-refractivity contribution is 9.10. The number of halogens is 2. The third kappa shape index (κ3) is 9.02. The van der Waals surface area contributed by atoms with Gasteiger partial charge >= 0.3 is 0 Å². The Morgan fingerprint density at radius 2 is 1.69 bits per heavy atom. The highest BCUT2D eigenvalue weighted by atomic mass is 79.9. The van der Waals surface area contributed by atoms with E-state index in [1.807, 2.05) is 85.8 Å². The van der Waals surface area contributed by atoms with E-state index in [9.17, 15) is 9.59 Å². The molecule has 0 radical (unpaired) electrons. The zero-order valence-electron chi connectivity index (χ0n) is 19.8. The Balaban J connectivity index is 1.82. The lowest BCUT2D eigenvalue weighted by Gasteiger charge is -2.31. The Hall–Kier alpha value is -2.28. The summed E-state index contributed by atoms with van der Waals surface area (Å²) in [5.41, 5.74) is 3.09. The van der Waals surface area contributed by atoms with Crippen LogP contribution in [0, 0.1) is 0 Å². The van der Waals surface area contributed by atoms with Crippen molar-refractivity contribution in [3.8, 4) is 0 Å². The van der Waals surface area contributed by atoms with Gasteiger partial charge in [0.25, 0.3) is 0 Å². The van der Waals surface area contributed by atoms with Crippen LogP contribution in [0.15, 0.2) is 83.3 Å². The van der Waals surface area contributed by atoms with E-state index in [1.165, 1.54) is 0 Å². The van der Waals surface area contributed by atoms with Gasteiger partial charge in [0.15, 0.2) is 0 Å². The third-order valence-electron chi connectivity index (χ3n) is 5.47. The molecule has 0 aliphatic heterocycles. The van der Waals surface area contributed by atoms with Crippen LogP contribution in [0.2, 0.25) is 5.02 Å². The van der Waals surface area contributed by atoms with Gasteiger partial charge in [-0.15, -0.1) is 11.8 Å². The van der Waals surface area contributed by atoms with Crippen molar-refractivity contribution in [1.82, 2.24) is 10.2 Å². The molecule has 0 saturated carbocycles. The molecule has 0 fully saturated rings. The van der Waals surface area contributed by atoms with Crippen LogP contribution in [0.3, 0.4) is 0 Å². The second kappa shape index (κ2) is 14.3. The summed E-state index contributed by atoms with van der Waals surface area (Å²) in [7, 11) is 0. The summed E-state index contributed by atoms with van der Waals surface area (Å²) in [4.78, 5) is 28.6. The number of carbonyl (C=O) groups excluding carboxylic acids is 2. The van der Waals surface area contributed by atoms with Crippen LogP contribution >= 0.6 is 39.3 Å². The highest BCUT2D eigenvalue weighted by Crippen LogP contribution is 2.21. The summed E-state index contributed by atoms with van der Waals surface area (Å²) < 4.78 is 0.939. The molecule has 0 spiro atoms. The Kier molecular flexibility index (Phi) is 11.2. The number of hydrogen-bond acceptors (Lipinski definition) is 3. The summed E-state index contributed by atoms with van der Waals surface area (Å²) in [6.45, 7) is 2.95. The minimum atomic E-state index is -0.605. The van der Waals surface area contributed by atoms with Crippen molar-refractivity contribution >= 4 is 51.1 Å². The Bertz CT molecular complexity index is 1100. The quantitative estimate of drug-likeness (QED) is 0.269. The van der Waals surface area contributed by atoms with Crippen molar-refractivity contribution in [3.63, 3.8) is 0 Å². The monoisotopic (exact) mass is 572 g/mol. The topological polar surface area (TPSA) is 49.4 Å². The normalized spacial score (nSPS) is 11.6. The molecule has 3 aromatic carbocycles. The number of rotatable bonds is 12. The van der Waals surface area contributed by atoms with Crippen molar-refractivity contribution < 1.29 is 9.59 Å². The molecule has 184 valence electrons. The van der Waals surface area contributed by atoms with Gasteiger partial charge in [-0.1, -0.05) is 89.1 Å². The van der Waals surface area contributed by atoms with Crippen LogP contribution in [0.4, 0.5) is 0 Å². The van der Waals surface area contributed by atoms with Gasteiger partial charge < -0.3 is 10.2 Å². The van der Waals surface area contributed by atoms with Crippen molar-refractivity contribution in [2.45, 2.75) is 38.1 Å². The molecule has 0 bridgehead atoms. The van der Waals surface area contributed by atoms with E-state index in [2.05, 4.69) is 21.2 Å². The van der Waals surface area contributed by atoms with Gasteiger partial charge in [0.2, 0.25) is 11.8 Å². The van der Waals surface area contributed by atoms with Crippen LogP contribution in [0.25, 0.3) is 0 Å². The van der Waals surface area contributed by atoms with Gasteiger partial charge in [0.1, 0.15) is 6.04 Å². The van der Waals surface area contributed by atoms with Gasteiger partial charge in [0, 0.05) is 34.8 Å². The second-order valence-electron chi connectivity index (χ2n) is 8.27. The summed E-state index contributed by atoms with van der Waals surface area (Å²) in [6, 6.07) is 24.8.